The molecule has 9 heteroatoms. The molecule has 0 aliphatic carbocycles. The molecule has 0 bridgehead atoms. The molecule has 0 spiro atoms. The average Bonchev–Trinajstić information content (AvgIpc) is 3.08. The van der Waals surface area contributed by atoms with Crippen molar-refractivity contribution in [3.05, 3.63) is 51.5 Å². The molecule has 0 unspecified atom stereocenters. The van der Waals surface area contributed by atoms with E-state index >= 15 is 0 Å². The highest BCUT2D eigenvalue weighted by Crippen LogP contribution is 2.29. The maximum atomic E-state index is 12.1. The molecule has 1 heterocycles. The maximum absolute atomic E-state index is 12.1. The number of esters is 1. The van der Waals surface area contributed by atoms with Gasteiger partial charge in [-0.2, -0.15) is 0 Å². The van der Waals surface area contributed by atoms with E-state index in [4.69, 9.17) is 27.9 Å². The summed E-state index contributed by atoms with van der Waals surface area (Å²) in [6.45, 7) is 7.94. The minimum Gasteiger partial charge on any atom is -0.462 e. The lowest BCUT2D eigenvalue weighted by Crippen LogP contribution is -2.34. The SMILES string of the molecule is CCOC(=O)c1cc2nc(Nc3cc(CNC(=O)C(C)(C)C)ccc3Cl)[nH]c2cc1Cl. The van der Waals surface area contributed by atoms with Crippen LogP contribution in [0, 0.1) is 5.41 Å². The molecular formula is C22H24Cl2N4O3. The number of amides is 1. The quantitative estimate of drug-likeness (QED) is 0.423. The Hall–Kier alpha value is -2.77. The van der Waals surface area contributed by atoms with E-state index in [1.54, 1.807) is 25.1 Å². The molecule has 0 aliphatic heterocycles. The van der Waals surface area contributed by atoms with Gasteiger partial charge in [0.2, 0.25) is 11.9 Å². The molecule has 1 amide bonds. The number of halogens is 2. The predicted molar refractivity (Wildman–Crippen MR) is 123 cm³/mol. The summed E-state index contributed by atoms with van der Waals surface area (Å²) in [6.07, 6.45) is 0. The van der Waals surface area contributed by atoms with Crippen molar-refractivity contribution in [3.63, 3.8) is 0 Å². The highest BCUT2D eigenvalue weighted by molar-refractivity contribution is 6.34. The highest BCUT2D eigenvalue weighted by Gasteiger charge is 2.20. The molecule has 0 saturated heterocycles. The first kappa shape index (κ1) is 22.9. The molecule has 1 aromatic heterocycles. The Morgan fingerprint density at radius 1 is 1.13 bits per heavy atom. The summed E-state index contributed by atoms with van der Waals surface area (Å²) in [6, 6.07) is 8.65. The Bertz CT molecular complexity index is 1140. The van der Waals surface area contributed by atoms with E-state index in [0.29, 0.717) is 34.2 Å². The van der Waals surface area contributed by atoms with Crippen LogP contribution in [0.5, 0.6) is 0 Å². The fourth-order valence-corrected chi connectivity index (χ4v) is 3.21. The molecule has 0 saturated carbocycles. The van der Waals surface area contributed by atoms with Gasteiger partial charge in [0.05, 0.1) is 38.9 Å². The minimum atomic E-state index is -0.500. The van der Waals surface area contributed by atoms with E-state index in [9.17, 15) is 9.59 Å². The number of fused-ring (bicyclic) bond motifs is 1. The number of aromatic amines is 1. The number of nitrogens with zero attached hydrogens (tertiary/aromatic N) is 1. The zero-order valence-corrected chi connectivity index (χ0v) is 19.2. The predicted octanol–water partition coefficient (Wildman–Crippen LogP) is 5.45. The molecule has 7 nitrogen and oxygen atoms in total. The second kappa shape index (κ2) is 9.16. The number of hydrogen-bond donors (Lipinski definition) is 3. The average molecular weight is 463 g/mol. The van der Waals surface area contributed by atoms with Gasteiger partial charge < -0.3 is 20.4 Å². The third-order valence-corrected chi connectivity index (χ3v) is 5.13. The number of benzene rings is 2. The molecule has 3 rings (SSSR count). The Morgan fingerprint density at radius 2 is 1.87 bits per heavy atom. The fourth-order valence-electron chi connectivity index (χ4n) is 2.81. The summed E-state index contributed by atoms with van der Waals surface area (Å²) in [7, 11) is 0. The fraction of sp³-hybridized carbons (Fsp3) is 0.318. The smallest absolute Gasteiger partial charge is 0.339 e. The zero-order chi connectivity index (χ0) is 22.8. The van der Waals surface area contributed by atoms with Crippen LogP contribution in [0.4, 0.5) is 11.6 Å². The number of imidazole rings is 1. The third kappa shape index (κ3) is 5.48. The van der Waals surface area contributed by atoms with Gasteiger partial charge in [-0.05, 0) is 36.8 Å². The lowest BCUT2D eigenvalue weighted by Gasteiger charge is -2.18. The molecule has 0 aliphatic rings. The van der Waals surface area contributed by atoms with Crippen molar-refractivity contribution in [2.45, 2.75) is 34.2 Å². The van der Waals surface area contributed by atoms with Crippen molar-refractivity contribution in [1.29, 1.82) is 0 Å². The molecule has 0 fully saturated rings. The molecule has 3 aromatic rings. The van der Waals surface area contributed by atoms with Crippen molar-refractivity contribution in [2.75, 3.05) is 11.9 Å². The number of rotatable bonds is 6. The second-order valence-electron chi connectivity index (χ2n) is 8.03. The number of ether oxygens (including phenoxy) is 1. The van der Waals surface area contributed by atoms with Crippen LogP contribution in [-0.4, -0.2) is 28.5 Å². The zero-order valence-electron chi connectivity index (χ0n) is 17.7. The van der Waals surface area contributed by atoms with Crippen LogP contribution in [-0.2, 0) is 16.1 Å². The largest absolute Gasteiger partial charge is 0.462 e. The lowest BCUT2D eigenvalue weighted by molar-refractivity contribution is -0.128. The lowest BCUT2D eigenvalue weighted by atomic mass is 9.95. The number of nitrogens with one attached hydrogen (secondary N) is 3. The van der Waals surface area contributed by atoms with Crippen molar-refractivity contribution < 1.29 is 14.3 Å². The summed E-state index contributed by atoms with van der Waals surface area (Å²) < 4.78 is 5.03. The van der Waals surface area contributed by atoms with Gasteiger partial charge in [-0.15, -0.1) is 0 Å². The normalized spacial score (nSPS) is 11.4. The monoisotopic (exact) mass is 462 g/mol. The van der Waals surface area contributed by atoms with Gasteiger partial charge in [0.1, 0.15) is 0 Å². The van der Waals surface area contributed by atoms with Crippen molar-refractivity contribution >= 4 is 57.7 Å². The van der Waals surface area contributed by atoms with Gasteiger partial charge in [-0.3, -0.25) is 4.79 Å². The van der Waals surface area contributed by atoms with Gasteiger partial charge in [0, 0.05) is 12.0 Å². The van der Waals surface area contributed by atoms with E-state index in [0.717, 1.165) is 5.56 Å². The van der Waals surface area contributed by atoms with Crippen LogP contribution in [0.1, 0.15) is 43.6 Å². The summed E-state index contributed by atoms with van der Waals surface area (Å²) >= 11 is 12.6. The first-order valence-corrected chi connectivity index (χ1v) is 10.5. The van der Waals surface area contributed by atoms with Crippen LogP contribution in [0.3, 0.4) is 0 Å². The Labute approximate surface area is 190 Å². The molecule has 0 radical (unpaired) electrons. The number of anilines is 2. The minimum absolute atomic E-state index is 0.0384. The van der Waals surface area contributed by atoms with Crippen molar-refractivity contribution in [2.24, 2.45) is 5.41 Å². The molecule has 164 valence electrons. The van der Waals surface area contributed by atoms with Crippen LogP contribution in [0.2, 0.25) is 10.0 Å². The maximum Gasteiger partial charge on any atom is 0.339 e. The summed E-state index contributed by atoms with van der Waals surface area (Å²) in [5, 5.41) is 6.83. The number of carbonyl (C=O) groups is 2. The molecule has 2 aromatic carbocycles. The number of carbonyl (C=O) groups excluding carboxylic acids is 2. The summed E-state index contributed by atoms with van der Waals surface area (Å²) in [5.74, 6) is -0.103. The third-order valence-electron chi connectivity index (χ3n) is 4.48. The van der Waals surface area contributed by atoms with E-state index < -0.39 is 11.4 Å². The van der Waals surface area contributed by atoms with Gasteiger partial charge in [0.25, 0.3) is 0 Å². The summed E-state index contributed by atoms with van der Waals surface area (Å²) in [4.78, 5) is 31.7. The Kier molecular flexibility index (Phi) is 6.77. The van der Waals surface area contributed by atoms with Crippen LogP contribution < -0.4 is 10.6 Å². The highest BCUT2D eigenvalue weighted by atomic mass is 35.5. The summed E-state index contributed by atoms with van der Waals surface area (Å²) in [5.41, 5.74) is 2.51. The molecule has 3 N–H and O–H groups in total. The van der Waals surface area contributed by atoms with E-state index in [1.807, 2.05) is 32.9 Å². The Balaban J connectivity index is 1.81. The van der Waals surface area contributed by atoms with E-state index in [1.165, 1.54) is 0 Å². The van der Waals surface area contributed by atoms with E-state index in [-0.39, 0.29) is 23.1 Å². The van der Waals surface area contributed by atoms with Crippen LogP contribution in [0.15, 0.2) is 30.3 Å². The molecule has 0 atom stereocenters. The standard InChI is InChI=1S/C22H24Cl2N4O3/c1-5-31-19(29)13-9-17-18(10-15(13)24)28-21(27-17)26-16-8-12(6-7-14(16)23)11-25-20(30)22(2,3)4/h6-10H,5,11H2,1-4H3,(H,25,30)(H2,26,27,28). The second-order valence-corrected chi connectivity index (χ2v) is 8.84. The van der Waals surface area contributed by atoms with Gasteiger partial charge >= 0.3 is 5.97 Å². The van der Waals surface area contributed by atoms with Crippen molar-refractivity contribution in [3.8, 4) is 0 Å². The van der Waals surface area contributed by atoms with Gasteiger partial charge in [0.15, 0.2) is 0 Å². The first-order chi connectivity index (χ1) is 14.6. The van der Waals surface area contributed by atoms with E-state index in [2.05, 4.69) is 20.6 Å². The van der Waals surface area contributed by atoms with Crippen LogP contribution in [0.25, 0.3) is 11.0 Å². The Morgan fingerprint density at radius 3 is 2.55 bits per heavy atom. The number of aromatic nitrogens is 2. The van der Waals surface area contributed by atoms with Gasteiger partial charge in [-0.1, -0.05) is 50.0 Å². The first-order valence-electron chi connectivity index (χ1n) is 9.78. The van der Waals surface area contributed by atoms with Crippen molar-refractivity contribution in [1.82, 2.24) is 15.3 Å². The molecular weight excluding hydrogens is 439 g/mol. The number of hydrogen-bond acceptors (Lipinski definition) is 5. The van der Waals surface area contributed by atoms with Crippen LogP contribution >= 0.6 is 23.2 Å². The van der Waals surface area contributed by atoms with Gasteiger partial charge in [-0.25, -0.2) is 9.78 Å². The number of H-pyrrole nitrogens is 1. The topological polar surface area (TPSA) is 96.1 Å². The molecule has 31 heavy (non-hydrogen) atoms.